The van der Waals surface area contributed by atoms with Crippen LogP contribution in [0.25, 0.3) is 0 Å². The van der Waals surface area contributed by atoms with Crippen LogP contribution >= 0.6 is 0 Å². The van der Waals surface area contributed by atoms with Crippen LogP contribution in [-0.4, -0.2) is 42.5 Å². The first-order valence-corrected chi connectivity index (χ1v) is 8.12. The van der Waals surface area contributed by atoms with Gasteiger partial charge in [0.05, 0.1) is 0 Å². The van der Waals surface area contributed by atoms with Gasteiger partial charge in [0.2, 0.25) is 0 Å². The third kappa shape index (κ3) is 4.21. The zero-order valence-electron chi connectivity index (χ0n) is 14.4. The number of carbonyl (C=O) groups excluding carboxylic acids is 1. The lowest BCUT2D eigenvalue weighted by Gasteiger charge is -2.19. The van der Waals surface area contributed by atoms with Crippen molar-refractivity contribution >= 4 is 11.7 Å². The number of hydrogen-bond acceptors (Lipinski definition) is 5. The van der Waals surface area contributed by atoms with Crippen LogP contribution in [0, 0.1) is 6.92 Å². The lowest BCUT2D eigenvalue weighted by atomic mass is 10.2. The molecule has 0 saturated carbocycles. The molecule has 1 aliphatic heterocycles. The maximum Gasteiger partial charge on any atom is 0.319 e. The first-order valence-electron chi connectivity index (χ1n) is 8.12. The predicted octanol–water partition coefficient (Wildman–Crippen LogP) is 1.93. The lowest BCUT2D eigenvalue weighted by molar-refractivity contribution is 0.171. The number of fused-ring (bicyclic) bond motifs is 1. The topological polar surface area (TPSA) is 86.6 Å². The van der Waals surface area contributed by atoms with E-state index >= 15 is 0 Å². The van der Waals surface area contributed by atoms with Crippen molar-refractivity contribution in [2.45, 2.75) is 20.1 Å². The summed E-state index contributed by atoms with van der Waals surface area (Å²) in [6.07, 6.45) is 1.80. The van der Waals surface area contributed by atoms with E-state index in [0.29, 0.717) is 50.1 Å². The van der Waals surface area contributed by atoms with Crippen molar-refractivity contribution in [2.24, 2.45) is 0 Å². The Hall–Kier alpha value is -2.74. The van der Waals surface area contributed by atoms with E-state index in [1.54, 1.807) is 31.5 Å². The number of urea groups is 1. The van der Waals surface area contributed by atoms with Gasteiger partial charge in [0.25, 0.3) is 0 Å². The molecule has 0 atom stereocenters. The maximum absolute atomic E-state index is 12.1. The summed E-state index contributed by atoms with van der Waals surface area (Å²) in [5, 5.41) is 5.63. The van der Waals surface area contributed by atoms with Crippen LogP contribution in [0.1, 0.15) is 11.5 Å². The van der Waals surface area contributed by atoms with Crippen LogP contribution in [-0.2, 0) is 17.9 Å². The van der Waals surface area contributed by atoms with Crippen molar-refractivity contribution in [3.63, 3.8) is 0 Å². The highest BCUT2D eigenvalue weighted by molar-refractivity contribution is 5.89. The predicted molar refractivity (Wildman–Crippen MR) is 92.1 cm³/mol. The maximum atomic E-state index is 12.1. The fourth-order valence-corrected chi connectivity index (χ4v) is 2.64. The van der Waals surface area contributed by atoms with Crippen LogP contribution in [0.2, 0.25) is 0 Å². The lowest BCUT2D eigenvalue weighted by Crippen LogP contribution is -2.32. The second-order valence-electron chi connectivity index (χ2n) is 5.64. The van der Waals surface area contributed by atoms with Crippen LogP contribution in [0.3, 0.4) is 0 Å². The van der Waals surface area contributed by atoms with Crippen molar-refractivity contribution in [1.29, 1.82) is 0 Å². The van der Waals surface area contributed by atoms with E-state index in [1.807, 2.05) is 11.5 Å². The number of anilines is 1. The molecule has 0 fully saturated rings. The average molecular weight is 346 g/mol. The Morgan fingerprint density at radius 2 is 2.12 bits per heavy atom. The van der Waals surface area contributed by atoms with Gasteiger partial charge in [-0.1, -0.05) is 0 Å². The summed E-state index contributed by atoms with van der Waals surface area (Å²) in [5.74, 6) is 2.18. The fourth-order valence-electron chi connectivity index (χ4n) is 2.64. The van der Waals surface area contributed by atoms with Crippen molar-refractivity contribution in [2.75, 3.05) is 32.2 Å². The molecule has 25 heavy (non-hydrogen) atoms. The number of benzene rings is 1. The van der Waals surface area contributed by atoms with Crippen molar-refractivity contribution in [3.8, 4) is 11.5 Å². The number of imidazole rings is 1. The number of aromatic nitrogens is 2. The highest BCUT2D eigenvalue weighted by Crippen LogP contribution is 2.32. The smallest absolute Gasteiger partial charge is 0.319 e. The third-order valence-electron chi connectivity index (χ3n) is 3.83. The van der Waals surface area contributed by atoms with Crippen molar-refractivity contribution < 1.29 is 19.0 Å². The molecule has 1 aromatic carbocycles. The minimum absolute atomic E-state index is 0.275. The number of nitrogens with one attached hydrogen (secondary N) is 2. The number of aryl methyl sites for hydroxylation is 1. The van der Waals surface area contributed by atoms with Gasteiger partial charge in [0.1, 0.15) is 25.6 Å². The standard InChI is InChI=1S/C17H22N4O4/c1-12-10-19-16(11-23-2)21(12)6-5-18-17(22)20-13-3-4-14-15(9-13)25-8-7-24-14/h3-4,9-10H,5-8,11H2,1-2H3,(H2,18,20,22). The molecule has 0 aliphatic carbocycles. The molecule has 2 heterocycles. The van der Waals surface area contributed by atoms with Crippen LogP contribution in [0.15, 0.2) is 24.4 Å². The third-order valence-corrected chi connectivity index (χ3v) is 3.83. The summed E-state index contributed by atoms with van der Waals surface area (Å²) in [5.41, 5.74) is 1.68. The van der Waals surface area contributed by atoms with E-state index in [1.165, 1.54) is 0 Å². The molecule has 2 aromatic rings. The Balaban J connectivity index is 1.51. The van der Waals surface area contributed by atoms with Gasteiger partial charge in [-0.05, 0) is 19.1 Å². The molecule has 1 aliphatic rings. The van der Waals surface area contributed by atoms with E-state index in [4.69, 9.17) is 14.2 Å². The zero-order chi connectivity index (χ0) is 17.6. The second kappa shape index (κ2) is 7.89. The van der Waals surface area contributed by atoms with Crippen LogP contribution < -0.4 is 20.1 Å². The van der Waals surface area contributed by atoms with Gasteiger partial charge >= 0.3 is 6.03 Å². The first-order chi connectivity index (χ1) is 12.2. The Morgan fingerprint density at radius 3 is 2.92 bits per heavy atom. The van der Waals surface area contributed by atoms with Gasteiger partial charge in [-0.15, -0.1) is 0 Å². The molecular formula is C17H22N4O4. The summed E-state index contributed by atoms with van der Waals surface area (Å²) < 4.78 is 18.1. The Kier molecular flexibility index (Phi) is 5.39. The molecular weight excluding hydrogens is 324 g/mol. The monoisotopic (exact) mass is 346 g/mol. The van der Waals surface area contributed by atoms with E-state index in [0.717, 1.165) is 11.5 Å². The first kappa shape index (κ1) is 17.1. The molecule has 2 amide bonds. The zero-order valence-corrected chi connectivity index (χ0v) is 14.4. The number of nitrogens with zero attached hydrogens (tertiary/aromatic N) is 2. The average Bonchev–Trinajstić information content (AvgIpc) is 2.95. The minimum Gasteiger partial charge on any atom is -0.486 e. The molecule has 134 valence electrons. The molecule has 0 radical (unpaired) electrons. The molecule has 0 saturated heterocycles. The summed E-state index contributed by atoms with van der Waals surface area (Å²) in [6.45, 7) is 4.57. The largest absolute Gasteiger partial charge is 0.486 e. The summed E-state index contributed by atoms with van der Waals surface area (Å²) in [4.78, 5) is 16.4. The molecule has 0 spiro atoms. The van der Waals surface area contributed by atoms with Gasteiger partial charge in [-0.25, -0.2) is 9.78 Å². The Morgan fingerprint density at radius 1 is 1.32 bits per heavy atom. The summed E-state index contributed by atoms with van der Waals surface area (Å²) in [6, 6.07) is 5.05. The van der Waals surface area contributed by atoms with E-state index in [2.05, 4.69) is 15.6 Å². The fraction of sp³-hybridized carbons (Fsp3) is 0.412. The molecule has 1 aromatic heterocycles. The molecule has 8 heteroatoms. The summed E-state index contributed by atoms with van der Waals surface area (Å²) in [7, 11) is 1.63. The van der Waals surface area contributed by atoms with E-state index < -0.39 is 0 Å². The van der Waals surface area contributed by atoms with Crippen LogP contribution in [0.5, 0.6) is 11.5 Å². The number of carbonyl (C=O) groups is 1. The number of amides is 2. The van der Waals surface area contributed by atoms with E-state index in [9.17, 15) is 4.79 Å². The van der Waals surface area contributed by atoms with E-state index in [-0.39, 0.29) is 6.03 Å². The molecule has 0 bridgehead atoms. The second-order valence-corrected chi connectivity index (χ2v) is 5.64. The quantitative estimate of drug-likeness (QED) is 0.835. The van der Waals surface area contributed by atoms with Crippen molar-refractivity contribution in [1.82, 2.24) is 14.9 Å². The summed E-state index contributed by atoms with van der Waals surface area (Å²) >= 11 is 0. The number of ether oxygens (including phenoxy) is 3. The van der Waals surface area contributed by atoms with Gasteiger partial charge < -0.3 is 29.4 Å². The van der Waals surface area contributed by atoms with Gasteiger partial charge in [-0.3, -0.25) is 0 Å². The molecule has 2 N–H and O–H groups in total. The van der Waals surface area contributed by atoms with Gasteiger partial charge in [0, 0.05) is 43.8 Å². The number of rotatable bonds is 6. The van der Waals surface area contributed by atoms with Crippen molar-refractivity contribution in [3.05, 3.63) is 35.9 Å². The van der Waals surface area contributed by atoms with Gasteiger partial charge in [-0.2, -0.15) is 0 Å². The Bertz CT molecular complexity index is 744. The molecule has 0 unspecified atom stereocenters. The SMILES string of the molecule is COCc1ncc(C)n1CCNC(=O)Nc1ccc2c(c1)OCCO2. The number of hydrogen-bond donors (Lipinski definition) is 2. The molecule has 3 rings (SSSR count). The molecule has 8 nitrogen and oxygen atoms in total. The normalized spacial score (nSPS) is 12.7. The minimum atomic E-state index is -0.275. The van der Waals surface area contributed by atoms with Gasteiger partial charge in [0.15, 0.2) is 11.5 Å². The number of methoxy groups -OCH3 is 1. The highest BCUT2D eigenvalue weighted by atomic mass is 16.6. The van der Waals surface area contributed by atoms with Crippen LogP contribution in [0.4, 0.5) is 10.5 Å². The highest BCUT2D eigenvalue weighted by Gasteiger charge is 2.13. The Labute approximate surface area is 146 Å².